The number of benzene rings is 2. The summed E-state index contributed by atoms with van der Waals surface area (Å²) in [5, 5.41) is 8.67. The van der Waals surface area contributed by atoms with E-state index in [2.05, 4.69) is 16.5 Å². The van der Waals surface area contributed by atoms with Gasteiger partial charge in [-0.1, -0.05) is 29.4 Å². The number of nitrogens with one attached hydrogen (secondary N) is 1. The molecule has 32 heavy (non-hydrogen) atoms. The van der Waals surface area contributed by atoms with Crippen LogP contribution in [0, 0.1) is 6.92 Å². The number of aromatic nitrogens is 1. The predicted octanol–water partition coefficient (Wildman–Crippen LogP) is 3.03. The molecule has 4 rings (SSSR count). The van der Waals surface area contributed by atoms with Gasteiger partial charge in [-0.25, -0.2) is 0 Å². The van der Waals surface area contributed by atoms with Gasteiger partial charge in [0.25, 0.3) is 0 Å². The average Bonchev–Trinajstić information content (AvgIpc) is 3.22. The van der Waals surface area contributed by atoms with Gasteiger partial charge in [0.15, 0.2) is 5.82 Å². The largest absolute Gasteiger partial charge is 0.497 e. The number of methoxy groups -OCH3 is 1. The number of fused-ring (bicyclic) bond motifs is 1. The highest BCUT2D eigenvalue weighted by molar-refractivity contribution is 5.91. The second-order valence-corrected chi connectivity index (χ2v) is 8.17. The number of anilines is 1. The second kappa shape index (κ2) is 9.40. The van der Waals surface area contributed by atoms with Gasteiger partial charge in [0.1, 0.15) is 11.5 Å². The van der Waals surface area contributed by atoms with E-state index >= 15 is 0 Å². The highest BCUT2D eigenvalue weighted by Gasteiger charge is 2.26. The maximum absolute atomic E-state index is 13.1. The van der Waals surface area contributed by atoms with Crippen LogP contribution in [-0.2, 0) is 9.59 Å². The van der Waals surface area contributed by atoms with Gasteiger partial charge in [-0.3, -0.25) is 14.5 Å². The molecule has 1 aliphatic heterocycles. The molecule has 1 fully saturated rings. The van der Waals surface area contributed by atoms with Gasteiger partial charge < -0.3 is 19.5 Å². The zero-order chi connectivity index (χ0) is 22.7. The summed E-state index contributed by atoms with van der Waals surface area (Å²) in [6.45, 7) is 6.50. The van der Waals surface area contributed by atoms with E-state index in [1.54, 1.807) is 20.1 Å². The normalized spacial score (nSPS) is 15.5. The topological polar surface area (TPSA) is 87.9 Å². The molecule has 1 atom stereocenters. The summed E-state index contributed by atoms with van der Waals surface area (Å²) in [4.78, 5) is 29.2. The van der Waals surface area contributed by atoms with Gasteiger partial charge in [0.2, 0.25) is 11.8 Å². The molecule has 0 unspecified atom stereocenters. The van der Waals surface area contributed by atoms with Crippen LogP contribution in [0.4, 0.5) is 5.82 Å². The minimum Gasteiger partial charge on any atom is -0.497 e. The van der Waals surface area contributed by atoms with Crippen LogP contribution in [0.1, 0.15) is 24.2 Å². The Morgan fingerprint density at radius 2 is 1.81 bits per heavy atom. The fraction of sp³-hybridized carbons (Fsp3) is 0.375. The van der Waals surface area contributed by atoms with E-state index in [0.29, 0.717) is 37.8 Å². The van der Waals surface area contributed by atoms with E-state index in [1.807, 2.05) is 47.1 Å². The van der Waals surface area contributed by atoms with Crippen molar-refractivity contribution >= 4 is 28.4 Å². The Kier molecular flexibility index (Phi) is 6.41. The summed E-state index contributed by atoms with van der Waals surface area (Å²) in [5.74, 6) is 1.62. The number of amides is 2. The van der Waals surface area contributed by atoms with E-state index in [-0.39, 0.29) is 24.3 Å². The van der Waals surface area contributed by atoms with Gasteiger partial charge >= 0.3 is 0 Å². The third-order valence-electron chi connectivity index (χ3n) is 5.89. The zero-order valence-corrected chi connectivity index (χ0v) is 18.6. The molecule has 1 saturated heterocycles. The monoisotopic (exact) mass is 436 g/mol. The molecule has 0 saturated carbocycles. The molecular weight excluding hydrogens is 408 g/mol. The van der Waals surface area contributed by atoms with Gasteiger partial charge in [0, 0.05) is 32.2 Å². The SMILES string of the molecule is COc1ccc2cc([C@H](C)C(=O)N3CCN(CC(=O)Nc4cc(C)on4)CC3)ccc2c1. The maximum Gasteiger partial charge on any atom is 0.239 e. The van der Waals surface area contributed by atoms with Gasteiger partial charge in [-0.2, -0.15) is 0 Å². The highest BCUT2D eigenvalue weighted by atomic mass is 16.5. The molecule has 8 nitrogen and oxygen atoms in total. The summed E-state index contributed by atoms with van der Waals surface area (Å²) in [6, 6.07) is 13.7. The van der Waals surface area contributed by atoms with Crippen LogP contribution in [0.25, 0.3) is 10.8 Å². The fourth-order valence-electron chi connectivity index (χ4n) is 3.99. The van der Waals surface area contributed by atoms with Crippen molar-refractivity contribution in [1.82, 2.24) is 15.0 Å². The Morgan fingerprint density at radius 3 is 2.50 bits per heavy atom. The molecule has 8 heteroatoms. The number of carbonyl (C=O) groups is 2. The number of rotatable bonds is 6. The predicted molar refractivity (Wildman–Crippen MR) is 122 cm³/mol. The standard InChI is InChI=1S/C24H28N4O4/c1-16-12-22(26-32-16)25-23(29)15-27-8-10-28(11-9-27)24(30)17(2)18-4-5-20-14-21(31-3)7-6-19(20)13-18/h4-7,12-14,17H,8-11,15H2,1-3H3,(H,25,26,29)/t17-/m0/s1. The van der Waals surface area contributed by atoms with Crippen molar-refractivity contribution in [3.05, 3.63) is 53.8 Å². The molecule has 1 aromatic heterocycles. The Hall–Kier alpha value is -3.39. The smallest absolute Gasteiger partial charge is 0.239 e. The summed E-state index contributed by atoms with van der Waals surface area (Å²) < 4.78 is 10.2. The lowest BCUT2D eigenvalue weighted by molar-refractivity contribution is -0.134. The number of aryl methyl sites for hydroxylation is 1. The van der Waals surface area contributed by atoms with Crippen LogP contribution < -0.4 is 10.1 Å². The zero-order valence-electron chi connectivity index (χ0n) is 18.6. The summed E-state index contributed by atoms with van der Waals surface area (Å²) >= 11 is 0. The third kappa shape index (κ3) is 4.91. The quantitative estimate of drug-likeness (QED) is 0.639. The molecule has 2 heterocycles. The Morgan fingerprint density at radius 1 is 1.09 bits per heavy atom. The number of nitrogens with zero attached hydrogens (tertiary/aromatic N) is 3. The van der Waals surface area contributed by atoms with E-state index in [1.165, 1.54) is 0 Å². The van der Waals surface area contributed by atoms with Crippen LogP contribution in [0.2, 0.25) is 0 Å². The minimum atomic E-state index is -0.230. The second-order valence-electron chi connectivity index (χ2n) is 8.17. The summed E-state index contributed by atoms with van der Waals surface area (Å²) in [5.41, 5.74) is 0.998. The van der Waals surface area contributed by atoms with E-state index in [9.17, 15) is 9.59 Å². The van der Waals surface area contributed by atoms with Gasteiger partial charge in [-0.05, 0) is 42.3 Å². The Labute approximate surface area is 187 Å². The van der Waals surface area contributed by atoms with Crippen LogP contribution in [-0.4, -0.2) is 66.6 Å². The molecule has 0 bridgehead atoms. The molecule has 1 aliphatic rings. The summed E-state index contributed by atoms with van der Waals surface area (Å²) in [6.07, 6.45) is 0. The lowest BCUT2D eigenvalue weighted by Gasteiger charge is -2.35. The number of ether oxygens (including phenoxy) is 1. The van der Waals surface area contributed by atoms with Crippen LogP contribution in [0.15, 0.2) is 47.0 Å². The number of hydrogen-bond acceptors (Lipinski definition) is 6. The molecule has 168 valence electrons. The van der Waals surface area contributed by atoms with Crippen molar-refractivity contribution in [3.63, 3.8) is 0 Å². The first-order valence-corrected chi connectivity index (χ1v) is 10.7. The van der Waals surface area contributed by atoms with E-state index in [0.717, 1.165) is 22.1 Å². The molecular formula is C24H28N4O4. The van der Waals surface area contributed by atoms with Crippen molar-refractivity contribution in [2.45, 2.75) is 19.8 Å². The maximum atomic E-state index is 13.1. The van der Waals surface area contributed by atoms with Crippen molar-refractivity contribution in [2.75, 3.05) is 45.2 Å². The van der Waals surface area contributed by atoms with Crippen molar-refractivity contribution in [1.29, 1.82) is 0 Å². The van der Waals surface area contributed by atoms with Crippen LogP contribution >= 0.6 is 0 Å². The molecule has 1 N–H and O–H groups in total. The lowest BCUT2D eigenvalue weighted by atomic mass is 9.96. The van der Waals surface area contributed by atoms with Crippen molar-refractivity contribution in [3.8, 4) is 5.75 Å². The molecule has 0 aliphatic carbocycles. The molecule has 3 aromatic rings. The molecule has 2 amide bonds. The molecule has 2 aromatic carbocycles. The van der Waals surface area contributed by atoms with Crippen LogP contribution in [0.5, 0.6) is 5.75 Å². The first-order chi connectivity index (χ1) is 15.4. The molecule has 0 radical (unpaired) electrons. The van der Waals surface area contributed by atoms with Crippen LogP contribution in [0.3, 0.4) is 0 Å². The summed E-state index contributed by atoms with van der Waals surface area (Å²) in [7, 11) is 1.65. The van der Waals surface area contributed by atoms with Gasteiger partial charge in [-0.15, -0.1) is 0 Å². The molecule has 0 spiro atoms. The average molecular weight is 437 g/mol. The number of hydrogen-bond donors (Lipinski definition) is 1. The third-order valence-corrected chi connectivity index (χ3v) is 5.89. The number of carbonyl (C=O) groups excluding carboxylic acids is 2. The highest BCUT2D eigenvalue weighted by Crippen LogP contribution is 2.26. The van der Waals surface area contributed by atoms with Gasteiger partial charge in [0.05, 0.1) is 19.6 Å². The first-order valence-electron chi connectivity index (χ1n) is 10.7. The van der Waals surface area contributed by atoms with Crippen molar-refractivity contribution in [2.24, 2.45) is 0 Å². The van der Waals surface area contributed by atoms with E-state index in [4.69, 9.17) is 9.26 Å². The first kappa shape index (κ1) is 21.8. The lowest BCUT2D eigenvalue weighted by Crippen LogP contribution is -2.51. The minimum absolute atomic E-state index is 0.111. The Balaban J connectivity index is 1.31. The van der Waals surface area contributed by atoms with E-state index < -0.39 is 0 Å². The fourth-order valence-corrected chi connectivity index (χ4v) is 3.99. The number of piperazine rings is 1. The van der Waals surface area contributed by atoms with Crippen molar-refractivity contribution < 1.29 is 18.8 Å². The Bertz CT molecular complexity index is 1120.